The van der Waals surface area contributed by atoms with E-state index in [0.29, 0.717) is 0 Å². The third-order valence-corrected chi connectivity index (χ3v) is 2.41. The normalized spacial score (nSPS) is 13.9. The smallest absolute Gasteiger partial charge is 0.235 e. The molecule has 0 amide bonds. The van der Waals surface area contributed by atoms with E-state index in [1.54, 1.807) is 0 Å². The van der Waals surface area contributed by atoms with Gasteiger partial charge in [0.2, 0.25) is 5.79 Å². The molecule has 1 aromatic rings. The van der Waals surface area contributed by atoms with Gasteiger partial charge in [-0.1, -0.05) is 30.3 Å². The summed E-state index contributed by atoms with van der Waals surface area (Å²) in [6.07, 6.45) is -0.685. The molecule has 1 rings (SSSR count). The number of hydrogen-bond donors (Lipinski definition) is 1. The Morgan fingerprint density at radius 1 is 1.07 bits per heavy atom. The zero-order valence-corrected chi connectivity index (χ0v) is 9.27. The molecule has 0 aliphatic carbocycles. The minimum absolute atomic E-state index is 0.685. The van der Waals surface area contributed by atoms with Crippen molar-refractivity contribution in [2.45, 2.75) is 12.0 Å². The largest absolute Gasteiger partial charge is 0.361 e. The van der Waals surface area contributed by atoms with Gasteiger partial charge in [-0.25, -0.2) is 0 Å². The summed E-state index contributed by atoms with van der Waals surface area (Å²) in [6, 6.07) is 9.46. The molecule has 1 unspecified atom stereocenters. The Morgan fingerprint density at radius 3 is 2.00 bits per heavy atom. The fraction of sp³-hybridized carbons (Fsp3) is 0.455. The molecule has 0 bridgehead atoms. The topological polar surface area (TPSA) is 53.7 Å². The average Bonchev–Trinajstić information content (AvgIpc) is 2.32. The van der Waals surface area contributed by atoms with Gasteiger partial charge in [-0.15, -0.1) is 0 Å². The van der Waals surface area contributed by atoms with Crippen LogP contribution >= 0.6 is 0 Å². The summed E-state index contributed by atoms with van der Waals surface area (Å²) in [7, 11) is 4.59. The summed E-state index contributed by atoms with van der Waals surface area (Å²) in [5.41, 5.74) is 6.66. The molecule has 1 atom stereocenters. The van der Waals surface area contributed by atoms with Gasteiger partial charge in [0.1, 0.15) is 0 Å². The highest BCUT2D eigenvalue weighted by atomic mass is 16.7. The number of methoxy groups -OCH3 is 3. The molecule has 84 valence electrons. The SMILES string of the molecule is COC(N)C(OC)(OC)c1ccccc1. The standard InChI is InChI=1S/C11H17NO3/c1-13-10(12)11(14-2,15-3)9-7-5-4-6-8-9/h4-8,10H,12H2,1-3H3. The average molecular weight is 211 g/mol. The van der Waals surface area contributed by atoms with Gasteiger partial charge >= 0.3 is 0 Å². The first-order chi connectivity index (χ1) is 7.21. The first kappa shape index (κ1) is 12.1. The van der Waals surface area contributed by atoms with Crippen LogP contribution in [-0.4, -0.2) is 27.6 Å². The van der Waals surface area contributed by atoms with Crippen LogP contribution in [0.3, 0.4) is 0 Å². The highest BCUT2D eigenvalue weighted by Gasteiger charge is 2.39. The molecule has 4 nitrogen and oxygen atoms in total. The molecule has 0 radical (unpaired) electrons. The number of rotatable bonds is 5. The molecule has 2 N–H and O–H groups in total. The van der Waals surface area contributed by atoms with Crippen molar-refractivity contribution in [1.29, 1.82) is 0 Å². The van der Waals surface area contributed by atoms with Gasteiger partial charge in [-0.05, 0) is 0 Å². The van der Waals surface area contributed by atoms with Crippen molar-refractivity contribution in [3.8, 4) is 0 Å². The lowest BCUT2D eigenvalue weighted by Gasteiger charge is -2.35. The van der Waals surface area contributed by atoms with Gasteiger partial charge in [0.25, 0.3) is 0 Å². The number of benzene rings is 1. The quantitative estimate of drug-likeness (QED) is 0.740. The second kappa shape index (κ2) is 5.23. The van der Waals surface area contributed by atoms with E-state index in [9.17, 15) is 0 Å². The van der Waals surface area contributed by atoms with Crippen molar-refractivity contribution >= 4 is 0 Å². The maximum Gasteiger partial charge on any atom is 0.235 e. The lowest BCUT2D eigenvalue weighted by atomic mass is 10.0. The second-order valence-corrected chi connectivity index (χ2v) is 3.10. The summed E-state index contributed by atoms with van der Waals surface area (Å²) in [6.45, 7) is 0. The molecule has 0 aliphatic heterocycles. The zero-order chi connectivity index (χ0) is 11.3. The highest BCUT2D eigenvalue weighted by Crippen LogP contribution is 2.28. The maximum atomic E-state index is 5.83. The number of nitrogens with two attached hydrogens (primary N) is 1. The molecule has 4 heteroatoms. The second-order valence-electron chi connectivity index (χ2n) is 3.10. The van der Waals surface area contributed by atoms with Crippen LogP contribution in [0.15, 0.2) is 30.3 Å². The molecule has 0 saturated heterocycles. The van der Waals surface area contributed by atoms with Gasteiger partial charge < -0.3 is 19.9 Å². The van der Waals surface area contributed by atoms with Crippen molar-refractivity contribution < 1.29 is 14.2 Å². The molecule has 15 heavy (non-hydrogen) atoms. The van der Waals surface area contributed by atoms with E-state index in [2.05, 4.69) is 0 Å². The van der Waals surface area contributed by atoms with E-state index in [0.717, 1.165) is 5.56 Å². The Bertz CT molecular complexity index is 285. The Labute approximate surface area is 89.9 Å². The maximum absolute atomic E-state index is 5.83. The first-order valence-electron chi connectivity index (χ1n) is 4.65. The highest BCUT2D eigenvalue weighted by molar-refractivity contribution is 5.21. The van der Waals surface area contributed by atoms with Crippen LogP contribution in [0.5, 0.6) is 0 Å². The van der Waals surface area contributed by atoms with E-state index >= 15 is 0 Å². The summed E-state index contributed by atoms with van der Waals surface area (Å²) in [5.74, 6) is -1.06. The fourth-order valence-corrected chi connectivity index (χ4v) is 1.54. The van der Waals surface area contributed by atoms with Crippen molar-refractivity contribution in [1.82, 2.24) is 0 Å². The lowest BCUT2D eigenvalue weighted by Crippen LogP contribution is -2.49. The minimum atomic E-state index is -1.06. The van der Waals surface area contributed by atoms with Crippen LogP contribution < -0.4 is 5.73 Å². The molecule has 1 aromatic carbocycles. The first-order valence-corrected chi connectivity index (χ1v) is 4.65. The van der Waals surface area contributed by atoms with Crippen LogP contribution in [0.4, 0.5) is 0 Å². The van der Waals surface area contributed by atoms with Gasteiger partial charge in [0, 0.05) is 26.9 Å². The van der Waals surface area contributed by atoms with E-state index in [1.807, 2.05) is 30.3 Å². The van der Waals surface area contributed by atoms with E-state index in [4.69, 9.17) is 19.9 Å². The van der Waals surface area contributed by atoms with Gasteiger partial charge in [0.15, 0.2) is 6.23 Å². The minimum Gasteiger partial charge on any atom is -0.361 e. The van der Waals surface area contributed by atoms with Gasteiger partial charge in [-0.2, -0.15) is 0 Å². The zero-order valence-electron chi connectivity index (χ0n) is 9.27. The van der Waals surface area contributed by atoms with Crippen molar-refractivity contribution in [3.63, 3.8) is 0 Å². The van der Waals surface area contributed by atoms with E-state index in [-0.39, 0.29) is 0 Å². The summed E-state index contributed by atoms with van der Waals surface area (Å²) < 4.78 is 15.8. The molecule has 0 aliphatic rings. The summed E-state index contributed by atoms with van der Waals surface area (Å²) in [5, 5.41) is 0. The Hall–Kier alpha value is -0.940. The van der Waals surface area contributed by atoms with Gasteiger partial charge in [-0.3, -0.25) is 0 Å². The third-order valence-electron chi connectivity index (χ3n) is 2.41. The number of ether oxygens (including phenoxy) is 3. The fourth-order valence-electron chi connectivity index (χ4n) is 1.54. The molecule has 0 heterocycles. The van der Waals surface area contributed by atoms with Crippen LogP contribution in [0.1, 0.15) is 5.56 Å². The van der Waals surface area contributed by atoms with E-state index < -0.39 is 12.0 Å². The molecule has 0 saturated carbocycles. The monoisotopic (exact) mass is 211 g/mol. The van der Waals surface area contributed by atoms with Crippen LogP contribution in [0.25, 0.3) is 0 Å². The predicted molar refractivity (Wildman–Crippen MR) is 57.1 cm³/mol. The molecule has 0 spiro atoms. The Kier molecular flexibility index (Phi) is 4.23. The summed E-state index contributed by atoms with van der Waals surface area (Å²) in [4.78, 5) is 0. The lowest BCUT2D eigenvalue weighted by molar-refractivity contribution is -0.273. The van der Waals surface area contributed by atoms with Crippen LogP contribution in [0.2, 0.25) is 0 Å². The number of hydrogen-bond acceptors (Lipinski definition) is 4. The predicted octanol–water partition coefficient (Wildman–Crippen LogP) is 1.06. The van der Waals surface area contributed by atoms with Crippen molar-refractivity contribution in [3.05, 3.63) is 35.9 Å². The van der Waals surface area contributed by atoms with Gasteiger partial charge in [0.05, 0.1) is 0 Å². The molecule has 0 fully saturated rings. The molecular formula is C11H17NO3. The molecule has 0 aromatic heterocycles. The van der Waals surface area contributed by atoms with Crippen molar-refractivity contribution in [2.24, 2.45) is 5.73 Å². The Morgan fingerprint density at radius 2 is 1.60 bits per heavy atom. The third kappa shape index (κ3) is 2.18. The van der Waals surface area contributed by atoms with Crippen LogP contribution in [0, 0.1) is 0 Å². The molecular weight excluding hydrogens is 194 g/mol. The summed E-state index contributed by atoms with van der Waals surface area (Å²) >= 11 is 0. The van der Waals surface area contributed by atoms with Crippen molar-refractivity contribution in [2.75, 3.05) is 21.3 Å². The Balaban J connectivity index is 3.11. The van der Waals surface area contributed by atoms with Crippen LogP contribution in [-0.2, 0) is 20.0 Å². The van der Waals surface area contributed by atoms with E-state index in [1.165, 1.54) is 21.3 Å².